The highest BCUT2D eigenvalue weighted by molar-refractivity contribution is 5.72. The summed E-state index contributed by atoms with van der Waals surface area (Å²) < 4.78 is 51.3. The maximum absolute atomic E-state index is 13.2. The molecule has 5 rings (SSSR count). The lowest BCUT2D eigenvalue weighted by Crippen LogP contribution is -2.33. The van der Waals surface area contributed by atoms with E-state index in [0.29, 0.717) is 31.1 Å². The number of hydrogen-bond acceptors (Lipinski definition) is 7. The van der Waals surface area contributed by atoms with Crippen molar-refractivity contribution in [3.8, 4) is 17.2 Å². The fraction of sp³-hybridized carbons (Fsp3) is 0.310. The minimum absolute atomic E-state index is 0.0377. The van der Waals surface area contributed by atoms with Crippen LogP contribution in [0.4, 0.5) is 19.1 Å². The summed E-state index contributed by atoms with van der Waals surface area (Å²) in [6.45, 7) is 2.30. The molecule has 1 N–H and O–H groups in total. The second-order valence-corrected chi connectivity index (χ2v) is 9.65. The number of anilines is 1. The molecule has 0 unspecified atom stereocenters. The van der Waals surface area contributed by atoms with Gasteiger partial charge < -0.3 is 19.2 Å². The smallest absolute Gasteiger partial charge is 0.433 e. The van der Waals surface area contributed by atoms with Crippen LogP contribution >= 0.6 is 0 Å². The van der Waals surface area contributed by atoms with Gasteiger partial charge in [0.15, 0.2) is 0 Å². The third-order valence-electron chi connectivity index (χ3n) is 6.87. The molecule has 0 amide bonds. The van der Waals surface area contributed by atoms with Gasteiger partial charge in [-0.3, -0.25) is 4.79 Å². The van der Waals surface area contributed by atoms with Gasteiger partial charge in [-0.1, -0.05) is 30.3 Å². The average molecular weight is 553 g/mol. The van der Waals surface area contributed by atoms with Gasteiger partial charge in [-0.2, -0.15) is 13.2 Å². The van der Waals surface area contributed by atoms with Crippen LogP contribution in [0.5, 0.6) is 5.75 Å². The zero-order chi connectivity index (χ0) is 28.3. The predicted molar refractivity (Wildman–Crippen MR) is 140 cm³/mol. The van der Waals surface area contributed by atoms with Crippen LogP contribution < -0.4 is 9.64 Å². The van der Waals surface area contributed by atoms with E-state index in [-0.39, 0.29) is 25.0 Å². The molecule has 0 aliphatic carbocycles. The quantitative estimate of drug-likeness (QED) is 0.286. The van der Waals surface area contributed by atoms with E-state index >= 15 is 0 Å². The Morgan fingerprint density at radius 1 is 1.10 bits per heavy atom. The van der Waals surface area contributed by atoms with Gasteiger partial charge in [0.1, 0.15) is 17.2 Å². The van der Waals surface area contributed by atoms with Gasteiger partial charge in [0.2, 0.25) is 11.8 Å². The zero-order valence-electron chi connectivity index (χ0n) is 21.6. The summed E-state index contributed by atoms with van der Waals surface area (Å²) in [5, 5.41) is 9.55. The highest BCUT2D eigenvalue weighted by Crippen LogP contribution is 2.33. The van der Waals surface area contributed by atoms with Crippen LogP contribution in [0.2, 0.25) is 0 Å². The first kappa shape index (κ1) is 27.2. The van der Waals surface area contributed by atoms with E-state index < -0.39 is 23.8 Å². The van der Waals surface area contributed by atoms with Gasteiger partial charge in [0.05, 0.1) is 18.2 Å². The molecule has 3 heterocycles. The van der Waals surface area contributed by atoms with Gasteiger partial charge in [-0.25, -0.2) is 15.0 Å². The van der Waals surface area contributed by atoms with Crippen molar-refractivity contribution < 1.29 is 32.2 Å². The number of aromatic nitrogens is 3. The first-order valence-corrected chi connectivity index (χ1v) is 12.8. The van der Waals surface area contributed by atoms with Crippen LogP contribution in [0.15, 0.2) is 71.3 Å². The lowest BCUT2D eigenvalue weighted by Gasteiger charge is -2.25. The molecule has 4 aromatic rings. The summed E-state index contributed by atoms with van der Waals surface area (Å²) in [5.41, 5.74) is 1.55. The highest BCUT2D eigenvalue weighted by Gasteiger charge is 2.39. The lowest BCUT2D eigenvalue weighted by atomic mass is 10.00. The Labute approximate surface area is 228 Å². The minimum atomic E-state index is -4.62. The molecule has 2 aromatic carbocycles. The predicted octanol–water partition coefficient (Wildman–Crippen LogP) is 5.60. The number of ether oxygens (including phenoxy) is 1. The Kier molecular flexibility index (Phi) is 7.72. The molecule has 1 saturated heterocycles. The molecule has 208 valence electrons. The SMILES string of the molecule is Cc1oc(-c2ccccc2)nc1CCOc1ccc(C[C@H]2C[C@@H](C(=O)O)CN2c2nccc(C(F)(F)F)n2)cc1. The van der Waals surface area contributed by atoms with Crippen molar-refractivity contribution in [1.29, 1.82) is 0 Å². The molecule has 11 heteroatoms. The normalized spacial score (nSPS) is 17.2. The number of carboxylic acids is 1. The Morgan fingerprint density at radius 2 is 1.85 bits per heavy atom. The number of aliphatic carboxylic acids is 1. The Balaban J connectivity index is 1.21. The molecule has 1 fully saturated rings. The first-order valence-electron chi connectivity index (χ1n) is 12.8. The van der Waals surface area contributed by atoms with Crippen LogP contribution in [0.25, 0.3) is 11.5 Å². The second-order valence-electron chi connectivity index (χ2n) is 9.65. The molecule has 2 atom stereocenters. The third kappa shape index (κ3) is 6.24. The Morgan fingerprint density at radius 3 is 2.55 bits per heavy atom. The molecule has 0 spiro atoms. The summed E-state index contributed by atoms with van der Waals surface area (Å²) >= 11 is 0. The topological polar surface area (TPSA) is 102 Å². The van der Waals surface area contributed by atoms with Gasteiger partial charge >= 0.3 is 12.1 Å². The van der Waals surface area contributed by atoms with E-state index in [1.54, 1.807) is 4.90 Å². The highest BCUT2D eigenvalue weighted by atomic mass is 19.4. The number of benzene rings is 2. The van der Waals surface area contributed by atoms with E-state index in [4.69, 9.17) is 9.15 Å². The van der Waals surface area contributed by atoms with Crippen LogP contribution in [0.3, 0.4) is 0 Å². The number of halogens is 3. The summed E-state index contributed by atoms with van der Waals surface area (Å²) in [6, 6.07) is 17.4. The molecule has 0 saturated carbocycles. The van der Waals surface area contributed by atoms with Crippen LogP contribution in [0, 0.1) is 12.8 Å². The summed E-state index contributed by atoms with van der Waals surface area (Å²) in [7, 11) is 0. The number of carboxylic acid groups (broad SMARTS) is 1. The van der Waals surface area contributed by atoms with Crippen molar-refractivity contribution in [3.05, 3.63) is 89.6 Å². The fourth-order valence-corrected chi connectivity index (χ4v) is 4.80. The second kappa shape index (κ2) is 11.4. The standard InChI is InChI=1S/C29H27F3N4O4/c1-18-24(34-26(40-18)20-5-3-2-4-6-20)12-14-39-23-9-7-19(8-10-23)15-22-16-21(27(37)38)17-36(22)28-33-13-11-25(35-28)29(30,31)32/h2-11,13,21-22H,12,14-17H2,1H3,(H,37,38)/t21-,22+/m1/s1. The number of alkyl halides is 3. The van der Waals surface area contributed by atoms with E-state index in [9.17, 15) is 23.1 Å². The van der Waals surface area contributed by atoms with Crippen LogP contribution in [0.1, 0.15) is 29.1 Å². The maximum atomic E-state index is 13.2. The monoisotopic (exact) mass is 552 g/mol. The lowest BCUT2D eigenvalue weighted by molar-refractivity contribution is -0.142. The van der Waals surface area contributed by atoms with E-state index in [0.717, 1.165) is 34.8 Å². The van der Waals surface area contributed by atoms with E-state index in [1.807, 2.05) is 61.5 Å². The van der Waals surface area contributed by atoms with Gasteiger partial charge in [-0.15, -0.1) is 0 Å². The molecular weight excluding hydrogens is 525 g/mol. The number of rotatable bonds is 9. The Bertz CT molecular complexity index is 1460. The Hall–Kier alpha value is -4.41. The summed E-state index contributed by atoms with van der Waals surface area (Å²) in [6.07, 6.45) is -2.31. The number of carbonyl (C=O) groups is 1. The minimum Gasteiger partial charge on any atom is -0.493 e. The average Bonchev–Trinajstić information content (AvgIpc) is 3.53. The molecule has 1 aliphatic heterocycles. The molecule has 40 heavy (non-hydrogen) atoms. The molecular formula is C29H27F3N4O4. The van der Waals surface area contributed by atoms with Crippen molar-refractivity contribution in [2.45, 2.75) is 38.4 Å². The maximum Gasteiger partial charge on any atom is 0.433 e. The summed E-state index contributed by atoms with van der Waals surface area (Å²) in [4.78, 5) is 25.5. The van der Waals surface area contributed by atoms with Crippen molar-refractivity contribution in [2.24, 2.45) is 5.92 Å². The molecule has 0 bridgehead atoms. The van der Waals surface area contributed by atoms with E-state index in [2.05, 4.69) is 15.0 Å². The molecule has 2 aromatic heterocycles. The van der Waals surface area contributed by atoms with Crippen molar-refractivity contribution >= 4 is 11.9 Å². The van der Waals surface area contributed by atoms with Crippen molar-refractivity contribution in [1.82, 2.24) is 15.0 Å². The third-order valence-corrected chi connectivity index (χ3v) is 6.87. The van der Waals surface area contributed by atoms with Crippen molar-refractivity contribution in [3.63, 3.8) is 0 Å². The van der Waals surface area contributed by atoms with Gasteiger partial charge in [0, 0.05) is 30.8 Å². The first-order chi connectivity index (χ1) is 19.2. The summed E-state index contributed by atoms with van der Waals surface area (Å²) in [5.74, 6) is 0.111. The number of oxazole rings is 1. The van der Waals surface area contributed by atoms with Crippen molar-refractivity contribution in [2.75, 3.05) is 18.1 Å². The number of hydrogen-bond donors (Lipinski definition) is 1. The van der Waals surface area contributed by atoms with Crippen LogP contribution in [-0.4, -0.2) is 45.2 Å². The van der Waals surface area contributed by atoms with Gasteiger partial charge in [-0.05, 0) is 55.7 Å². The molecule has 8 nitrogen and oxygen atoms in total. The largest absolute Gasteiger partial charge is 0.493 e. The van der Waals surface area contributed by atoms with E-state index in [1.165, 1.54) is 0 Å². The number of aryl methyl sites for hydroxylation is 1. The molecule has 1 aliphatic rings. The zero-order valence-corrected chi connectivity index (χ0v) is 21.6. The molecule has 0 radical (unpaired) electrons. The number of nitrogens with zero attached hydrogens (tertiary/aromatic N) is 4. The van der Waals surface area contributed by atoms with Crippen LogP contribution in [-0.2, 0) is 23.8 Å². The van der Waals surface area contributed by atoms with Gasteiger partial charge in [0.25, 0.3) is 0 Å². The fourth-order valence-electron chi connectivity index (χ4n) is 4.80.